The van der Waals surface area contributed by atoms with Gasteiger partial charge in [-0.05, 0) is 12.8 Å². The fourth-order valence-corrected chi connectivity index (χ4v) is 5.76. The molecule has 1 heterocycles. The Hall–Kier alpha value is 0.110. The summed E-state index contributed by atoms with van der Waals surface area (Å²) in [5.74, 6) is 0. The highest BCUT2D eigenvalue weighted by Gasteiger charge is 2.45. The van der Waals surface area contributed by atoms with Gasteiger partial charge >= 0.3 is 0 Å². The van der Waals surface area contributed by atoms with E-state index in [9.17, 15) is 22.0 Å². The second-order valence-electron chi connectivity index (χ2n) is 3.62. The number of halogens is 1. The van der Waals surface area contributed by atoms with E-state index in [1.165, 1.54) is 0 Å². The van der Waals surface area contributed by atoms with Crippen molar-refractivity contribution in [2.45, 2.75) is 23.5 Å². The molecule has 3 atom stereocenters. The summed E-state index contributed by atoms with van der Waals surface area (Å²) in [6.45, 7) is 0.0979. The Morgan fingerprint density at radius 1 is 1.33 bits per heavy atom. The van der Waals surface area contributed by atoms with Crippen molar-refractivity contribution in [2.24, 2.45) is 0 Å². The van der Waals surface area contributed by atoms with Crippen molar-refractivity contribution in [1.29, 1.82) is 0 Å². The second kappa shape index (κ2) is 4.17. The molecular formula is C6H12ClNO5S2. The van der Waals surface area contributed by atoms with Crippen LogP contribution in [0.3, 0.4) is 0 Å². The number of quaternary nitrogens is 1. The zero-order valence-corrected chi connectivity index (χ0v) is 10.4. The predicted molar refractivity (Wildman–Crippen MR) is 55.6 cm³/mol. The van der Waals surface area contributed by atoms with Crippen molar-refractivity contribution in [2.75, 3.05) is 12.8 Å². The summed E-state index contributed by atoms with van der Waals surface area (Å²) in [6.07, 6.45) is 1.34. The van der Waals surface area contributed by atoms with E-state index >= 15 is 0 Å². The van der Waals surface area contributed by atoms with E-state index in [-0.39, 0.29) is 13.0 Å². The molecule has 0 amide bonds. The number of hydrogen-bond acceptors (Lipinski definition) is 5. The lowest BCUT2D eigenvalue weighted by atomic mass is 10.1. The van der Waals surface area contributed by atoms with Crippen molar-refractivity contribution in [3.8, 4) is 0 Å². The van der Waals surface area contributed by atoms with Gasteiger partial charge in [0.05, 0.1) is 6.54 Å². The highest BCUT2D eigenvalue weighted by Crippen LogP contribution is 2.20. The summed E-state index contributed by atoms with van der Waals surface area (Å²) in [5, 5.41) is 8.05. The summed E-state index contributed by atoms with van der Waals surface area (Å²) in [6, 6.07) is 0. The minimum absolute atomic E-state index is 0.0979. The number of nitrogens with one attached hydrogen (secondary N) is 1. The molecule has 0 saturated carbocycles. The molecule has 1 N–H and O–H groups in total. The standard InChI is InChI=1S/C6H12ClNO5S2/c1-14(10,11)6-5(15(7,12)13)3-2-4-8(6)9/h5-6,8H,2-4H2,1H3. The summed E-state index contributed by atoms with van der Waals surface area (Å²) in [5.41, 5.74) is 0. The van der Waals surface area contributed by atoms with Crippen molar-refractivity contribution < 1.29 is 21.9 Å². The Morgan fingerprint density at radius 2 is 1.87 bits per heavy atom. The molecule has 1 aliphatic rings. The Morgan fingerprint density at radius 3 is 2.20 bits per heavy atom. The molecule has 9 heteroatoms. The van der Waals surface area contributed by atoms with Crippen LogP contribution in [-0.2, 0) is 18.9 Å². The predicted octanol–water partition coefficient (Wildman–Crippen LogP) is -1.53. The van der Waals surface area contributed by atoms with E-state index in [1.54, 1.807) is 0 Å². The first kappa shape index (κ1) is 13.2. The molecule has 0 aromatic heterocycles. The van der Waals surface area contributed by atoms with Gasteiger partial charge in [0.15, 0.2) is 0 Å². The first-order valence-electron chi connectivity index (χ1n) is 4.29. The van der Waals surface area contributed by atoms with E-state index in [2.05, 4.69) is 0 Å². The van der Waals surface area contributed by atoms with Crippen LogP contribution in [0.5, 0.6) is 0 Å². The van der Waals surface area contributed by atoms with Gasteiger partial charge in [-0.3, -0.25) is 0 Å². The first-order valence-corrected chi connectivity index (χ1v) is 8.62. The lowest BCUT2D eigenvalue weighted by Crippen LogP contribution is -3.15. The molecule has 1 saturated heterocycles. The molecule has 0 bridgehead atoms. The van der Waals surface area contributed by atoms with Gasteiger partial charge < -0.3 is 10.3 Å². The van der Waals surface area contributed by atoms with E-state index in [4.69, 9.17) is 10.7 Å². The molecule has 0 aromatic rings. The highest BCUT2D eigenvalue weighted by molar-refractivity contribution is 8.14. The Balaban J connectivity index is 3.15. The van der Waals surface area contributed by atoms with Crippen LogP contribution < -0.4 is 5.06 Å². The maximum atomic E-state index is 11.4. The first-order chi connectivity index (χ1) is 6.64. The summed E-state index contributed by atoms with van der Waals surface area (Å²) in [4.78, 5) is 0. The summed E-state index contributed by atoms with van der Waals surface area (Å²) >= 11 is 0. The summed E-state index contributed by atoms with van der Waals surface area (Å²) in [7, 11) is -2.61. The minimum Gasteiger partial charge on any atom is -0.633 e. The quantitative estimate of drug-likeness (QED) is 0.488. The van der Waals surface area contributed by atoms with Crippen LogP contribution in [-0.4, -0.2) is 40.3 Å². The van der Waals surface area contributed by atoms with Gasteiger partial charge in [0.2, 0.25) is 24.3 Å². The second-order valence-corrected chi connectivity index (χ2v) is 8.64. The highest BCUT2D eigenvalue weighted by atomic mass is 35.7. The smallest absolute Gasteiger partial charge is 0.242 e. The Bertz CT molecular complexity index is 430. The molecule has 90 valence electrons. The van der Waals surface area contributed by atoms with E-state index in [0.29, 0.717) is 6.42 Å². The van der Waals surface area contributed by atoms with Gasteiger partial charge in [0.25, 0.3) is 0 Å². The van der Waals surface area contributed by atoms with Crippen molar-refractivity contribution in [1.82, 2.24) is 0 Å². The van der Waals surface area contributed by atoms with Gasteiger partial charge in [-0.1, -0.05) is 0 Å². The largest absolute Gasteiger partial charge is 0.633 e. The van der Waals surface area contributed by atoms with Crippen LogP contribution in [0.1, 0.15) is 12.8 Å². The van der Waals surface area contributed by atoms with Crippen LogP contribution >= 0.6 is 10.7 Å². The van der Waals surface area contributed by atoms with Crippen LogP contribution in [0.4, 0.5) is 0 Å². The third kappa shape index (κ3) is 3.04. The van der Waals surface area contributed by atoms with Gasteiger partial charge in [-0.25, -0.2) is 16.8 Å². The molecule has 1 rings (SSSR count). The number of hydrogen-bond donors (Lipinski definition) is 1. The molecular weight excluding hydrogens is 266 g/mol. The lowest BCUT2D eigenvalue weighted by Gasteiger charge is -2.37. The molecule has 0 spiro atoms. The zero-order valence-electron chi connectivity index (χ0n) is 8.01. The van der Waals surface area contributed by atoms with Crippen LogP contribution in [0, 0.1) is 5.21 Å². The van der Waals surface area contributed by atoms with E-state index in [1.807, 2.05) is 0 Å². The average Bonchev–Trinajstić information content (AvgIpc) is 1.99. The third-order valence-corrected chi connectivity index (χ3v) is 5.99. The van der Waals surface area contributed by atoms with E-state index < -0.39 is 34.6 Å². The van der Waals surface area contributed by atoms with Gasteiger partial charge in [-0.15, -0.1) is 0 Å². The van der Waals surface area contributed by atoms with Crippen molar-refractivity contribution in [3.05, 3.63) is 5.21 Å². The Kier molecular flexibility index (Phi) is 3.66. The maximum absolute atomic E-state index is 11.4. The molecule has 1 aliphatic heterocycles. The number of rotatable bonds is 2. The topological polar surface area (TPSA) is 95.8 Å². The molecule has 0 radical (unpaired) electrons. The number of sulfone groups is 1. The van der Waals surface area contributed by atoms with Crippen LogP contribution in [0.25, 0.3) is 0 Å². The maximum Gasteiger partial charge on any atom is 0.242 e. The molecule has 6 nitrogen and oxygen atoms in total. The Labute approximate surface area is 93.1 Å². The lowest BCUT2D eigenvalue weighted by molar-refractivity contribution is -0.864. The van der Waals surface area contributed by atoms with E-state index in [0.717, 1.165) is 6.26 Å². The summed E-state index contributed by atoms with van der Waals surface area (Å²) < 4.78 is 44.9. The average molecular weight is 278 g/mol. The monoisotopic (exact) mass is 277 g/mol. The molecule has 0 aliphatic carbocycles. The van der Waals surface area contributed by atoms with Gasteiger partial charge in [0, 0.05) is 16.9 Å². The molecule has 15 heavy (non-hydrogen) atoms. The fourth-order valence-electron chi connectivity index (χ4n) is 1.78. The number of piperidine rings is 1. The van der Waals surface area contributed by atoms with Crippen LogP contribution in [0.2, 0.25) is 0 Å². The minimum atomic E-state index is -4.02. The SMILES string of the molecule is CS(=O)(=O)C1C(S(=O)(=O)Cl)CCC[NH+]1[O-]. The molecule has 1 fully saturated rings. The normalized spacial score (nSPS) is 33.9. The molecule has 3 unspecified atom stereocenters. The number of hydroxylamine groups is 2. The fraction of sp³-hybridized carbons (Fsp3) is 1.00. The molecule has 0 aromatic carbocycles. The van der Waals surface area contributed by atoms with Crippen molar-refractivity contribution in [3.63, 3.8) is 0 Å². The van der Waals surface area contributed by atoms with Gasteiger partial charge in [-0.2, -0.15) is 0 Å². The zero-order chi connectivity index (χ0) is 11.9. The van der Waals surface area contributed by atoms with Crippen LogP contribution in [0.15, 0.2) is 0 Å². The van der Waals surface area contributed by atoms with Crippen molar-refractivity contribution >= 4 is 29.6 Å². The van der Waals surface area contributed by atoms with Gasteiger partial charge in [0.1, 0.15) is 5.25 Å². The third-order valence-electron chi connectivity index (χ3n) is 2.39.